The van der Waals surface area contributed by atoms with Crippen LogP contribution in [-0.2, 0) is 27.6 Å². The first-order chi connectivity index (χ1) is 17.9. The average molecular weight is 671 g/mol. The van der Waals surface area contributed by atoms with Crippen LogP contribution in [0.4, 0.5) is 22.7 Å². The van der Waals surface area contributed by atoms with Crippen molar-refractivity contribution in [2.45, 2.75) is 73.5 Å². The number of rotatable bonds is 7. The van der Waals surface area contributed by atoms with Crippen molar-refractivity contribution >= 4 is 68.5 Å². The molecule has 0 spiro atoms. The van der Waals surface area contributed by atoms with Gasteiger partial charge in [0.05, 0.1) is 29.8 Å². The minimum atomic E-state index is -3.13. The molecule has 3 heterocycles. The molecule has 10 heteroatoms. The van der Waals surface area contributed by atoms with Gasteiger partial charge in [-0.15, -0.1) is 24.0 Å². The molecule has 0 radical (unpaired) electrons. The maximum absolute atomic E-state index is 12.4. The topological polar surface area (TPSA) is 73.9 Å². The van der Waals surface area contributed by atoms with E-state index in [1.54, 1.807) is 0 Å². The fourth-order valence-corrected chi connectivity index (χ4v) is 8.52. The monoisotopic (exact) mass is 670 g/mol. The number of morpholine rings is 1. The summed E-state index contributed by atoms with van der Waals surface area (Å²) in [6, 6.07) is 9.41. The average Bonchev–Trinajstić information content (AvgIpc) is 3.78. The van der Waals surface area contributed by atoms with E-state index in [1.165, 1.54) is 43.7 Å². The van der Waals surface area contributed by atoms with Gasteiger partial charge in [-0.1, -0.05) is 25.6 Å². The molecule has 2 aromatic carbocycles. The van der Waals surface area contributed by atoms with E-state index in [4.69, 9.17) is 4.74 Å². The standard InChI is InChI=1S/C28H38N4O3S2.HI/c1-3-19-15-22(31-9-7-21(8-10-31)30-37(33,34)24-5-6-24)17-25-27(19)29-28-20(4-2)16-23(18-26(28)36-25)32-11-13-35-14-12-32;/h15-18,21,24,29-30H,3-14H2,1-2H3;1H. The van der Waals surface area contributed by atoms with Crippen molar-refractivity contribution in [2.24, 2.45) is 0 Å². The van der Waals surface area contributed by atoms with Crippen LogP contribution >= 0.6 is 35.7 Å². The summed E-state index contributed by atoms with van der Waals surface area (Å²) in [4.78, 5) is 7.44. The highest BCUT2D eigenvalue weighted by molar-refractivity contribution is 14.0. The predicted molar refractivity (Wildman–Crippen MR) is 168 cm³/mol. The van der Waals surface area contributed by atoms with Crippen LogP contribution in [0.15, 0.2) is 34.1 Å². The van der Waals surface area contributed by atoms with Crippen molar-refractivity contribution < 1.29 is 13.2 Å². The second kappa shape index (κ2) is 11.7. The molecule has 1 aliphatic carbocycles. The lowest BCUT2D eigenvalue weighted by atomic mass is 10.0. The smallest absolute Gasteiger partial charge is 0.214 e. The molecule has 38 heavy (non-hydrogen) atoms. The first-order valence-corrected chi connectivity index (χ1v) is 16.2. The number of piperidine rings is 1. The van der Waals surface area contributed by atoms with Crippen molar-refractivity contribution in [3.05, 3.63) is 35.4 Å². The van der Waals surface area contributed by atoms with E-state index >= 15 is 0 Å². The van der Waals surface area contributed by atoms with Gasteiger partial charge in [0.15, 0.2) is 0 Å². The number of aryl methyl sites for hydroxylation is 2. The summed E-state index contributed by atoms with van der Waals surface area (Å²) in [6.07, 6.45) is 5.27. The first kappa shape index (κ1) is 28.3. The number of hydrogen-bond acceptors (Lipinski definition) is 7. The third-order valence-electron chi connectivity index (χ3n) is 8.10. The zero-order valence-corrected chi connectivity index (χ0v) is 26.3. The number of sulfonamides is 1. The van der Waals surface area contributed by atoms with Gasteiger partial charge >= 0.3 is 0 Å². The van der Waals surface area contributed by atoms with Crippen LogP contribution in [0.25, 0.3) is 0 Å². The molecule has 4 aliphatic rings. The first-order valence-electron chi connectivity index (χ1n) is 13.8. The van der Waals surface area contributed by atoms with Gasteiger partial charge in [-0.05, 0) is 73.9 Å². The molecule has 208 valence electrons. The van der Waals surface area contributed by atoms with Crippen molar-refractivity contribution in [3.8, 4) is 0 Å². The molecule has 2 N–H and O–H groups in total. The Morgan fingerprint density at radius 1 is 0.868 bits per heavy atom. The van der Waals surface area contributed by atoms with Crippen LogP contribution in [0.5, 0.6) is 0 Å². The highest BCUT2D eigenvalue weighted by atomic mass is 127. The summed E-state index contributed by atoms with van der Waals surface area (Å²) >= 11 is 1.88. The molecule has 2 saturated heterocycles. The fourth-order valence-electron chi connectivity index (χ4n) is 5.71. The van der Waals surface area contributed by atoms with Gasteiger partial charge in [0.25, 0.3) is 0 Å². The molecule has 0 bridgehead atoms. The Kier molecular flexibility index (Phi) is 8.74. The van der Waals surface area contributed by atoms with Crippen LogP contribution in [0, 0.1) is 0 Å². The second-order valence-electron chi connectivity index (χ2n) is 10.6. The highest BCUT2D eigenvalue weighted by Gasteiger charge is 2.37. The molecule has 2 aromatic rings. The molecular formula is C28H39IN4O3S2. The number of halogens is 1. The lowest BCUT2D eigenvalue weighted by Crippen LogP contribution is -2.45. The third kappa shape index (κ3) is 5.80. The van der Waals surface area contributed by atoms with E-state index in [-0.39, 0.29) is 35.3 Å². The molecule has 0 aromatic heterocycles. The maximum atomic E-state index is 12.4. The molecule has 3 aliphatic heterocycles. The number of anilines is 4. The molecule has 6 rings (SSSR count). The van der Waals surface area contributed by atoms with Crippen LogP contribution in [-0.4, -0.2) is 59.1 Å². The minimum Gasteiger partial charge on any atom is -0.378 e. The summed E-state index contributed by atoms with van der Waals surface area (Å²) < 4.78 is 33.3. The predicted octanol–water partition coefficient (Wildman–Crippen LogP) is 5.52. The maximum Gasteiger partial charge on any atom is 0.214 e. The molecule has 3 fully saturated rings. The van der Waals surface area contributed by atoms with Crippen LogP contribution in [0.1, 0.15) is 50.7 Å². The van der Waals surface area contributed by atoms with Crippen molar-refractivity contribution in [2.75, 3.05) is 54.5 Å². The largest absolute Gasteiger partial charge is 0.378 e. The molecule has 0 atom stereocenters. The summed E-state index contributed by atoms with van der Waals surface area (Å²) in [5.41, 5.74) is 7.73. The lowest BCUT2D eigenvalue weighted by molar-refractivity contribution is 0.122. The lowest BCUT2D eigenvalue weighted by Gasteiger charge is -2.35. The zero-order chi connectivity index (χ0) is 25.6. The summed E-state index contributed by atoms with van der Waals surface area (Å²) in [7, 11) is -3.13. The Morgan fingerprint density at radius 2 is 1.39 bits per heavy atom. The van der Waals surface area contributed by atoms with E-state index < -0.39 is 10.0 Å². The van der Waals surface area contributed by atoms with Crippen molar-refractivity contribution in [1.82, 2.24) is 4.72 Å². The van der Waals surface area contributed by atoms with E-state index in [2.05, 4.69) is 58.0 Å². The number of fused-ring (bicyclic) bond motifs is 2. The van der Waals surface area contributed by atoms with Crippen LogP contribution in [0.3, 0.4) is 0 Å². The Morgan fingerprint density at radius 3 is 1.89 bits per heavy atom. The van der Waals surface area contributed by atoms with E-state index in [0.29, 0.717) is 0 Å². The Labute approximate surface area is 248 Å². The van der Waals surface area contributed by atoms with Gasteiger partial charge in [-0.2, -0.15) is 0 Å². The van der Waals surface area contributed by atoms with Gasteiger partial charge < -0.3 is 19.9 Å². The van der Waals surface area contributed by atoms with Gasteiger partial charge in [-0.3, -0.25) is 0 Å². The number of hydrogen-bond donors (Lipinski definition) is 2. The highest BCUT2D eigenvalue weighted by Crippen LogP contribution is 2.50. The third-order valence-corrected chi connectivity index (χ3v) is 11.2. The van der Waals surface area contributed by atoms with Crippen molar-refractivity contribution in [1.29, 1.82) is 0 Å². The molecule has 7 nitrogen and oxygen atoms in total. The number of benzene rings is 2. The normalized spacial score (nSPS) is 19.8. The number of ether oxygens (including phenoxy) is 1. The summed E-state index contributed by atoms with van der Waals surface area (Å²) in [5.74, 6) is 0. The number of nitrogens with zero attached hydrogens (tertiary/aromatic N) is 2. The van der Waals surface area contributed by atoms with Gasteiger partial charge in [0.2, 0.25) is 10.0 Å². The van der Waals surface area contributed by atoms with Gasteiger partial charge in [-0.25, -0.2) is 13.1 Å². The van der Waals surface area contributed by atoms with Gasteiger partial charge in [0, 0.05) is 53.4 Å². The molecule has 0 amide bonds. The molecule has 1 saturated carbocycles. The SMILES string of the molecule is CCc1cc(N2CCOCC2)cc2c1Nc1c(CC)cc(N3CCC(NS(=O)(=O)C4CC4)CC3)cc1S2.I. The van der Waals surface area contributed by atoms with Crippen LogP contribution < -0.4 is 19.8 Å². The van der Waals surface area contributed by atoms with E-state index in [9.17, 15) is 8.42 Å². The summed E-state index contributed by atoms with van der Waals surface area (Å²) in [5, 5.41) is 3.68. The molecule has 0 unspecified atom stereocenters. The second-order valence-corrected chi connectivity index (χ2v) is 13.7. The Balaban J connectivity index is 0.00000294. The van der Waals surface area contributed by atoms with E-state index in [1.807, 2.05) is 11.8 Å². The van der Waals surface area contributed by atoms with Crippen LogP contribution in [0.2, 0.25) is 0 Å². The Bertz CT molecular complexity index is 1270. The fraction of sp³-hybridized carbons (Fsp3) is 0.571. The quantitative estimate of drug-likeness (QED) is 0.321. The number of nitrogens with one attached hydrogen (secondary N) is 2. The van der Waals surface area contributed by atoms with Gasteiger partial charge in [0.1, 0.15) is 0 Å². The van der Waals surface area contributed by atoms with Crippen molar-refractivity contribution in [3.63, 3.8) is 0 Å². The van der Waals surface area contributed by atoms with E-state index in [0.717, 1.165) is 77.9 Å². The zero-order valence-electron chi connectivity index (χ0n) is 22.3. The minimum absolute atomic E-state index is 0. The molecular weight excluding hydrogens is 631 g/mol. The Hall–Kier alpha value is -1.21. The summed E-state index contributed by atoms with van der Waals surface area (Å²) in [6.45, 7) is 9.65.